The van der Waals surface area contributed by atoms with Crippen molar-refractivity contribution in [1.82, 2.24) is 0 Å². The molecule has 0 bridgehead atoms. The largest absolute Gasteiger partial charge is 0.299 e. The van der Waals surface area contributed by atoms with Gasteiger partial charge in [0.2, 0.25) is 0 Å². The van der Waals surface area contributed by atoms with Crippen LogP contribution in [-0.2, 0) is 5.92 Å². The molecule has 0 aliphatic carbocycles. The Morgan fingerprint density at radius 1 is 0.737 bits per heavy atom. The average Bonchev–Trinajstić information content (AvgIpc) is 2.47. The molecule has 19 heavy (non-hydrogen) atoms. The second-order valence-corrected chi connectivity index (χ2v) is 3.98. The maximum absolute atomic E-state index is 14.5. The van der Waals surface area contributed by atoms with E-state index in [4.69, 9.17) is 0 Å². The summed E-state index contributed by atoms with van der Waals surface area (Å²) < 4.78 is 28.9. The maximum Gasteiger partial charge on any atom is 0.299 e. The molecular formula is C15H10F2O2. The average molecular weight is 260 g/mol. The molecule has 0 saturated heterocycles. The molecule has 2 rings (SSSR count). The topological polar surface area (TPSA) is 34.1 Å². The van der Waals surface area contributed by atoms with Crippen LogP contribution in [0.5, 0.6) is 0 Å². The van der Waals surface area contributed by atoms with Gasteiger partial charge in [0.15, 0.2) is 12.6 Å². The first kappa shape index (κ1) is 13.1. The van der Waals surface area contributed by atoms with Gasteiger partial charge >= 0.3 is 0 Å². The molecule has 2 aromatic rings. The van der Waals surface area contributed by atoms with Crippen LogP contribution in [0.4, 0.5) is 8.78 Å². The van der Waals surface area contributed by atoms with Crippen LogP contribution < -0.4 is 0 Å². The van der Waals surface area contributed by atoms with Crippen molar-refractivity contribution in [3.05, 3.63) is 70.8 Å². The second-order valence-electron chi connectivity index (χ2n) is 3.98. The number of carbonyl (C=O) groups excluding carboxylic acids is 2. The van der Waals surface area contributed by atoms with Crippen LogP contribution >= 0.6 is 0 Å². The maximum atomic E-state index is 14.5. The van der Waals surface area contributed by atoms with Crippen molar-refractivity contribution in [2.75, 3.05) is 0 Å². The van der Waals surface area contributed by atoms with Crippen LogP contribution in [0.1, 0.15) is 31.8 Å². The molecule has 0 aliphatic heterocycles. The minimum Gasteiger partial charge on any atom is -0.298 e. The smallest absolute Gasteiger partial charge is 0.298 e. The number of rotatable bonds is 4. The lowest BCUT2D eigenvalue weighted by Gasteiger charge is -2.20. The molecule has 4 heteroatoms. The Morgan fingerprint density at radius 2 is 1.11 bits per heavy atom. The zero-order valence-corrected chi connectivity index (χ0v) is 9.85. The van der Waals surface area contributed by atoms with Crippen LogP contribution in [0.3, 0.4) is 0 Å². The predicted octanol–water partition coefficient (Wildman–Crippen LogP) is 3.45. The molecule has 96 valence electrons. The van der Waals surface area contributed by atoms with Crippen molar-refractivity contribution in [2.24, 2.45) is 0 Å². The van der Waals surface area contributed by atoms with Crippen molar-refractivity contribution >= 4 is 12.6 Å². The highest BCUT2D eigenvalue weighted by molar-refractivity contribution is 5.81. The van der Waals surface area contributed by atoms with E-state index >= 15 is 0 Å². The fraction of sp³-hybridized carbons (Fsp3) is 0.0667. The van der Waals surface area contributed by atoms with Crippen molar-refractivity contribution in [1.29, 1.82) is 0 Å². The number of alkyl halides is 2. The summed E-state index contributed by atoms with van der Waals surface area (Å²) >= 11 is 0. The van der Waals surface area contributed by atoms with Gasteiger partial charge in [0.1, 0.15) is 0 Å². The summed E-state index contributed by atoms with van der Waals surface area (Å²) in [6.45, 7) is 0. The van der Waals surface area contributed by atoms with Gasteiger partial charge in [-0.25, -0.2) is 0 Å². The summed E-state index contributed by atoms with van der Waals surface area (Å²) in [6, 6.07) is 10.9. The van der Waals surface area contributed by atoms with Gasteiger partial charge in [-0.15, -0.1) is 0 Å². The normalized spacial score (nSPS) is 11.1. The molecule has 0 unspecified atom stereocenters. The number of benzene rings is 2. The fourth-order valence-corrected chi connectivity index (χ4v) is 1.92. The Balaban J connectivity index is 2.64. The zero-order chi connectivity index (χ0) is 13.9. The van der Waals surface area contributed by atoms with Crippen LogP contribution in [0.2, 0.25) is 0 Å². The quantitative estimate of drug-likeness (QED) is 0.789. The molecule has 0 N–H and O–H groups in total. The van der Waals surface area contributed by atoms with Crippen molar-refractivity contribution in [3.63, 3.8) is 0 Å². The molecule has 0 saturated carbocycles. The number of carbonyl (C=O) groups is 2. The number of hydrogen-bond acceptors (Lipinski definition) is 2. The van der Waals surface area contributed by atoms with Gasteiger partial charge in [0.25, 0.3) is 5.92 Å². The third kappa shape index (κ3) is 2.29. The Morgan fingerprint density at radius 3 is 1.47 bits per heavy atom. The molecule has 0 aromatic heterocycles. The van der Waals surface area contributed by atoms with Gasteiger partial charge in [0.05, 0.1) is 0 Å². The van der Waals surface area contributed by atoms with E-state index in [2.05, 4.69) is 0 Å². The molecule has 0 aliphatic rings. The summed E-state index contributed by atoms with van der Waals surface area (Å²) in [5.41, 5.74) is -0.986. The summed E-state index contributed by atoms with van der Waals surface area (Å²) in [7, 11) is 0. The van der Waals surface area contributed by atoms with Gasteiger partial charge in [-0.05, 0) is 0 Å². The Bertz CT molecular complexity index is 568. The van der Waals surface area contributed by atoms with Gasteiger partial charge < -0.3 is 0 Å². The van der Waals surface area contributed by atoms with Gasteiger partial charge in [-0.1, -0.05) is 48.5 Å². The summed E-state index contributed by atoms with van der Waals surface area (Å²) in [5, 5.41) is 0. The summed E-state index contributed by atoms with van der Waals surface area (Å²) in [5.74, 6) is -3.39. The lowest BCUT2D eigenvalue weighted by atomic mass is 9.93. The molecule has 2 nitrogen and oxygen atoms in total. The summed E-state index contributed by atoms with van der Waals surface area (Å²) in [4.78, 5) is 21.7. The number of hydrogen-bond donors (Lipinski definition) is 0. The Kier molecular flexibility index (Phi) is 3.51. The first-order valence-corrected chi connectivity index (χ1v) is 5.58. The third-order valence-electron chi connectivity index (χ3n) is 2.85. The number of halogens is 2. The van der Waals surface area contributed by atoms with Crippen LogP contribution in [0, 0.1) is 0 Å². The standard InChI is InChI=1S/C15H10F2O2/c16-15(17,13-7-3-1-5-11(13)9-18)14-8-4-2-6-12(14)10-19/h1-10H. The molecule has 0 fully saturated rings. The Hall–Kier alpha value is -2.36. The van der Waals surface area contributed by atoms with Gasteiger partial charge in [-0.3, -0.25) is 9.59 Å². The van der Waals surface area contributed by atoms with E-state index in [0.29, 0.717) is 12.6 Å². The first-order chi connectivity index (χ1) is 9.11. The first-order valence-electron chi connectivity index (χ1n) is 5.58. The molecular weight excluding hydrogens is 250 g/mol. The van der Waals surface area contributed by atoms with Crippen molar-refractivity contribution in [2.45, 2.75) is 5.92 Å². The van der Waals surface area contributed by atoms with E-state index in [0.717, 1.165) is 0 Å². The molecule has 0 atom stereocenters. The fourth-order valence-electron chi connectivity index (χ4n) is 1.92. The molecule has 2 aromatic carbocycles. The minimum atomic E-state index is -3.39. The second kappa shape index (κ2) is 5.10. The summed E-state index contributed by atoms with van der Waals surface area (Å²) in [6.07, 6.45) is 0.763. The van der Waals surface area contributed by atoms with Crippen molar-refractivity contribution in [3.8, 4) is 0 Å². The highest BCUT2D eigenvalue weighted by Crippen LogP contribution is 2.38. The monoisotopic (exact) mass is 260 g/mol. The molecule has 0 spiro atoms. The lowest BCUT2D eigenvalue weighted by molar-refractivity contribution is 0.0409. The van der Waals surface area contributed by atoms with Gasteiger partial charge in [0, 0.05) is 22.3 Å². The number of aldehydes is 2. The van der Waals surface area contributed by atoms with Gasteiger partial charge in [-0.2, -0.15) is 8.78 Å². The zero-order valence-electron chi connectivity index (χ0n) is 9.85. The van der Waals surface area contributed by atoms with Crippen LogP contribution in [-0.4, -0.2) is 12.6 Å². The Labute approximate surface area is 108 Å². The highest BCUT2D eigenvalue weighted by Gasteiger charge is 2.37. The van der Waals surface area contributed by atoms with E-state index in [-0.39, 0.29) is 11.1 Å². The van der Waals surface area contributed by atoms with Crippen molar-refractivity contribution < 1.29 is 18.4 Å². The molecule has 0 radical (unpaired) electrons. The minimum absolute atomic E-state index is 0.0896. The molecule has 0 amide bonds. The van der Waals surface area contributed by atoms with Crippen LogP contribution in [0.25, 0.3) is 0 Å². The molecule has 0 heterocycles. The lowest BCUT2D eigenvalue weighted by Crippen LogP contribution is -2.19. The van der Waals surface area contributed by atoms with E-state index in [1.807, 2.05) is 0 Å². The van der Waals surface area contributed by atoms with E-state index < -0.39 is 17.0 Å². The predicted molar refractivity (Wildman–Crippen MR) is 66.7 cm³/mol. The van der Waals surface area contributed by atoms with E-state index in [9.17, 15) is 18.4 Å². The van der Waals surface area contributed by atoms with Crippen LogP contribution in [0.15, 0.2) is 48.5 Å². The highest BCUT2D eigenvalue weighted by atomic mass is 19.3. The van der Waals surface area contributed by atoms with E-state index in [1.165, 1.54) is 48.5 Å². The SMILES string of the molecule is O=Cc1ccccc1C(F)(F)c1ccccc1C=O. The van der Waals surface area contributed by atoms with E-state index in [1.54, 1.807) is 0 Å². The third-order valence-corrected chi connectivity index (χ3v) is 2.85.